The highest BCUT2D eigenvalue weighted by Crippen LogP contribution is 2.17. The number of aromatic nitrogens is 2. The topological polar surface area (TPSA) is 95.6 Å². The van der Waals surface area contributed by atoms with Crippen molar-refractivity contribution < 1.29 is 9.90 Å². The zero-order valence-electron chi connectivity index (χ0n) is 9.58. The molecule has 7 nitrogen and oxygen atoms in total. The van der Waals surface area contributed by atoms with Gasteiger partial charge >= 0.3 is 6.09 Å². The van der Waals surface area contributed by atoms with Gasteiger partial charge in [-0.1, -0.05) is 0 Å². The van der Waals surface area contributed by atoms with Gasteiger partial charge in [0.1, 0.15) is 11.6 Å². The molecule has 1 saturated heterocycles. The zero-order chi connectivity index (χ0) is 12.4. The maximum Gasteiger partial charge on any atom is 0.407 e. The Morgan fingerprint density at radius 2 is 2.24 bits per heavy atom. The molecule has 0 aliphatic carbocycles. The summed E-state index contributed by atoms with van der Waals surface area (Å²) in [5.41, 5.74) is 5.47. The maximum atomic E-state index is 10.9. The Hall–Kier alpha value is -2.05. The molecule has 1 atom stereocenters. The lowest BCUT2D eigenvalue weighted by Crippen LogP contribution is -2.53. The average molecular weight is 237 g/mol. The summed E-state index contributed by atoms with van der Waals surface area (Å²) in [6.07, 6.45) is 2.24. The number of hydrogen-bond donors (Lipinski definition) is 2. The predicted octanol–water partition coefficient (Wildman–Crippen LogP) is 0.247. The number of nitrogens with zero attached hydrogens (tertiary/aromatic N) is 4. The van der Waals surface area contributed by atoms with Crippen LogP contribution >= 0.6 is 0 Å². The van der Waals surface area contributed by atoms with Crippen LogP contribution in [0.1, 0.15) is 6.92 Å². The lowest BCUT2D eigenvalue weighted by atomic mass is 10.2. The van der Waals surface area contributed by atoms with Gasteiger partial charge in [-0.3, -0.25) is 0 Å². The molecule has 7 heteroatoms. The first kappa shape index (κ1) is 11.4. The van der Waals surface area contributed by atoms with Gasteiger partial charge in [0.15, 0.2) is 0 Å². The third kappa shape index (κ3) is 2.38. The fourth-order valence-electron chi connectivity index (χ4n) is 1.95. The molecule has 2 rings (SSSR count). The second-order valence-corrected chi connectivity index (χ2v) is 4.07. The van der Waals surface area contributed by atoms with Crippen LogP contribution in [-0.4, -0.2) is 51.7 Å². The van der Waals surface area contributed by atoms with Crippen LogP contribution < -0.4 is 10.6 Å². The molecule has 0 spiro atoms. The van der Waals surface area contributed by atoms with Crippen molar-refractivity contribution in [3.8, 4) is 0 Å². The summed E-state index contributed by atoms with van der Waals surface area (Å²) in [7, 11) is 0. The molecule has 92 valence electrons. The van der Waals surface area contributed by atoms with E-state index in [1.807, 2.05) is 11.8 Å². The summed E-state index contributed by atoms with van der Waals surface area (Å²) >= 11 is 0. The number of nitrogen functional groups attached to an aromatic ring is 1. The molecule has 17 heavy (non-hydrogen) atoms. The first-order chi connectivity index (χ1) is 8.08. The van der Waals surface area contributed by atoms with Crippen LogP contribution in [0.4, 0.5) is 16.4 Å². The number of piperazine rings is 1. The molecule has 0 saturated carbocycles. The SMILES string of the molecule is C[C@H]1CN(C(=O)O)CCN1c1cnc(N)cn1. The molecule has 3 N–H and O–H groups in total. The van der Waals surface area contributed by atoms with Crippen LogP contribution in [0.3, 0.4) is 0 Å². The Morgan fingerprint density at radius 3 is 2.76 bits per heavy atom. The number of carboxylic acid groups (broad SMARTS) is 1. The van der Waals surface area contributed by atoms with Crippen molar-refractivity contribution in [2.24, 2.45) is 0 Å². The van der Waals surface area contributed by atoms with Gasteiger partial charge in [-0.15, -0.1) is 0 Å². The summed E-state index contributed by atoms with van der Waals surface area (Å²) in [5.74, 6) is 1.11. The number of hydrogen-bond acceptors (Lipinski definition) is 5. The second kappa shape index (κ2) is 4.44. The predicted molar refractivity (Wildman–Crippen MR) is 62.9 cm³/mol. The van der Waals surface area contributed by atoms with Crippen LogP contribution in [0, 0.1) is 0 Å². The third-order valence-corrected chi connectivity index (χ3v) is 2.85. The smallest absolute Gasteiger partial charge is 0.407 e. The Bertz CT molecular complexity index is 408. The molecule has 1 aliphatic rings. The third-order valence-electron chi connectivity index (χ3n) is 2.85. The number of amides is 1. The first-order valence-electron chi connectivity index (χ1n) is 5.40. The molecule has 1 amide bonds. The summed E-state index contributed by atoms with van der Waals surface area (Å²) in [4.78, 5) is 22.5. The standard InChI is InChI=1S/C10H15N5O2/c1-7-6-14(10(16)17)2-3-15(7)9-5-12-8(11)4-13-9/h4-5,7H,2-3,6H2,1H3,(H2,11,12)(H,16,17)/t7-/m0/s1. The van der Waals surface area contributed by atoms with Crippen LogP contribution in [-0.2, 0) is 0 Å². The average Bonchev–Trinajstić information content (AvgIpc) is 2.30. The minimum atomic E-state index is -0.875. The van der Waals surface area contributed by atoms with Gasteiger partial charge in [-0.2, -0.15) is 0 Å². The number of anilines is 2. The van der Waals surface area contributed by atoms with E-state index in [1.54, 1.807) is 6.20 Å². The van der Waals surface area contributed by atoms with Crippen molar-refractivity contribution in [1.29, 1.82) is 0 Å². The highest BCUT2D eigenvalue weighted by atomic mass is 16.4. The minimum absolute atomic E-state index is 0.0813. The van der Waals surface area contributed by atoms with E-state index in [0.717, 1.165) is 5.82 Å². The Labute approximate surface area is 98.9 Å². The number of carbonyl (C=O) groups is 1. The number of rotatable bonds is 1. The quantitative estimate of drug-likeness (QED) is 0.726. The Morgan fingerprint density at radius 1 is 1.47 bits per heavy atom. The summed E-state index contributed by atoms with van der Waals surface area (Å²) < 4.78 is 0. The van der Waals surface area contributed by atoms with Crippen molar-refractivity contribution in [3.63, 3.8) is 0 Å². The van der Waals surface area contributed by atoms with Gasteiger partial charge in [0.2, 0.25) is 0 Å². The molecular weight excluding hydrogens is 222 g/mol. The summed E-state index contributed by atoms with van der Waals surface area (Å²) in [5, 5.41) is 8.91. The van der Waals surface area contributed by atoms with Gasteiger partial charge in [-0.05, 0) is 6.92 Å². The molecule has 0 unspecified atom stereocenters. The van der Waals surface area contributed by atoms with Gasteiger partial charge in [-0.25, -0.2) is 14.8 Å². The lowest BCUT2D eigenvalue weighted by Gasteiger charge is -2.39. The Kier molecular flexibility index (Phi) is 2.99. The fraction of sp³-hybridized carbons (Fsp3) is 0.500. The largest absolute Gasteiger partial charge is 0.465 e. The van der Waals surface area contributed by atoms with Crippen molar-refractivity contribution in [2.45, 2.75) is 13.0 Å². The Balaban J connectivity index is 2.09. The highest BCUT2D eigenvalue weighted by Gasteiger charge is 2.27. The van der Waals surface area contributed by atoms with E-state index < -0.39 is 6.09 Å². The lowest BCUT2D eigenvalue weighted by molar-refractivity contribution is 0.136. The van der Waals surface area contributed by atoms with Crippen LogP contribution in [0.2, 0.25) is 0 Å². The van der Waals surface area contributed by atoms with Crippen LogP contribution in [0.15, 0.2) is 12.4 Å². The molecule has 1 fully saturated rings. The van der Waals surface area contributed by atoms with Crippen molar-refractivity contribution in [2.75, 3.05) is 30.3 Å². The van der Waals surface area contributed by atoms with Crippen LogP contribution in [0.5, 0.6) is 0 Å². The molecule has 1 aliphatic heterocycles. The van der Waals surface area contributed by atoms with E-state index in [2.05, 4.69) is 9.97 Å². The van der Waals surface area contributed by atoms with Gasteiger partial charge < -0.3 is 20.6 Å². The summed E-state index contributed by atoms with van der Waals surface area (Å²) in [6, 6.07) is 0.0813. The molecule has 0 radical (unpaired) electrons. The molecular formula is C10H15N5O2. The van der Waals surface area contributed by atoms with Gasteiger partial charge in [0, 0.05) is 25.7 Å². The van der Waals surface area contributed by atoms with E-state index in [0.29, 0.717) is 25.5 Å². The molecule has 1 aromatic rings. The first-order valence-corrected chi connectivity index (χ1v) is 5.40. The minimum Gasteiger partial charge on any atom is -0.465 e. The van der Waals surface area contributed by atoms with E-state index >= 15 is 0 Å². The second-order valence-electron chi connectivity index (χ2n) is 4.07. The monoisotopic (exact) mass is 237 g/mol. The van der Waals surface area contributed by atoms with Crippen molar-refractivity contribution >= 4 is 17.7 Å². The molecule has 2 heterocycles. The van der Waals surface area contributed by atoms with Crippen LogP contribution in [0.25, 0.3) is 0 Å². The van der Waals surface area contributed by atoms with Gasteiger partial charge in [0.05, 0.1) is 12.4 Å². The van der Waals surface area contributed by atoms with E-state index in [1.165, 1.54) is 11.1 Å². The van der Waals surface area contributed by atoms with Gasteiger partial charge in [0.25, 0.3) is 0 Å². The fourth-order valence-corrected chi connectivity index (χ4v) is 1.95. The van der Waals surface area contributed by atoms with E-state index in [9.17, 15) is 4.79 Å². The van der Waals surface area contributed by atoms with E-state index in [4.69, 9.17) is 10.8 Å². The molecule has 0 aromatic carbocycles. The normalized spacial score (nSPS) is 20.4. The number of nitrogens with two attached hydrogens (primary N) is 1. The highest BCUT2D eigenvalue weighted by molar-refractivity contribution is 5.65. The molecule has 0 bridgehead atoms. The van der Waals surface area contributed by atoms with E-state index in [-0.39, 0.29) is 6.04 Å². The summed E-state index contributed by atoms with van der Waals surface area (Å²) in [6.45, 7) is 3.53. The maximum absolute atomic E-state index is 10.9. The van der Waals surface area contributed by atoms with Crippen molar-refractivity contribution in [3.05, 3.63) is 12.4 Å². The molecule has 1 aromatic heterocycles. The van der Waals surface area contributed by atoms with Crippen molar-refractivity contribution in [1.82, 2.24) is 14.9 Å². The zero-order valence-corrected chi connectivity index (χ0v) is 9.58.